The quantitative estimate of drug-likeness (QED) is 0.844. The van der Waals surface area contributed by atoms with Crippen LogP contribution < -0.4 is 5.32 Å². The lowest BCUT2D eigenvalue weighted by Crippen LogP contribution is -2.36. The summed E-state index contributed by atoms with van der Waals surface area (Å²) in [5.41, 5.74) is 1.07. The standard InChI is InChI=1S/C13H22N4O/c1-10-15-11(9-13(14-2)16-10)12-5-3-4-6-17(12)7-8-18/h9,12,18H,3-8H2,1-2H3,(H,14,15,16)/t12-/m0/s1. The van der Waals surface area contributed by atoms with Crippen LogP contribution in [0.1, 0.15) is 36.8 Å². The minimum atomic E-state index is 0.208. The van der Waals surface area contributed by atoms with E-state index in [0.29, 0.717) is 6.04 Å². The number of likely N-dealkylation sites (tertiary alicyclic amines) is 1. The van der Waals surface area contributed by atoms with E-state index in [1.807, 2.05) is 20.0 Å². The highest BCUT2D eigenvalue weighted by Crippen LogP contribution is 2.30. The molecule has 1 saturated heterocycles. The maximum absolute atomic E-state index is 9.15. The summed E-state index contributed by atoms with van der Waals surface area (Å²) in [7, 11) is 1.87. The Bertz CT molecular complexity index is 395. The maximum atomic E-state index is 9.15. The predicted molar refractivity (Wildman–Crippen MR) is 71.6 cm³/mol. The van der Waals surface area contributed by atoms with Crippen LogP contribution in [0, 0.1) is 6.92 Å². The molecule has 1 atom stereocenters. The number of anilines is 1. The average Bonchev–Trinajstić information content (AvgIpc) is 2.39. The van der Waals surface area contributed by atoms with Gasteiger partial charge in [-0.1, -0.05) is 6.42 Å². The Labute approximate surface area is 108 Å². The van der Waals surface area contributed by atoms with E-state index in [9.17, 15) is 0 Å². The van der Waals surface area contributed by atoms with Crippen LogP contribution in [0.2, 0.25) is 0 Å². The molecule has 0 spiro atoms. The van der Waals surface area contributed by atoms with Gasteiger partial charge in [0.1, 0.15) is 11.6 Å². The molecule has 1 aromatic heterocycles. The van der Waals surface area contributed by atoms with Crippen molar-refractivity contribution in [1.29, 1.82) is 0 Å². The molecule has 18 heavy (non-hydrogen) atoms. The van der Waals surface area contributed by atoms with Crippen molar-refractivity contribution in [3.8, 4) is 0 Å². The summed E-state index contributed by atoms with van der Waals surface area (Å²) >= 11 is 0. The Morgan fingerprint density at radius 1 is 1.44 bits per heavy atom. The fourth-order valence-corrected chi connectivity index (χ4v) is 2.61. The predicted octanol–water partition coefficient (Wildman–Crippen LogP) is 1.35. The summed E-state index contributed by atoms with van der Waals surface area (Å²) in [6.07, 6.45) is 3.55. The van der Waals surface area contributed by atoms with E-state index in [1.165, 1.54) is 12.8 Å². The fourth-order valence-electron chi connectivity index (χ4n) is 2.61. The van der Waals surface area contributed by atoms with Crippen LogP contribution in [0.4, 0.5) is 5.82 Å². The Morgan fingerprint density at radius 3 is 3.00 bits per heavy atom. The Morgan fingerprint density at radius 2 is 2.28 bits per heavy atom. The molecule has 2 N–H and O–H groups in total. The third-order valence-electron chi connectivity index (χ3n) is 3.46. The van der Waals surface area contributed by atoms with Crippen LogP contribution in [0.15, 0.2) is 6.07 Å². The fraction of sp³-hybridized carbons (Fsp3) is 0.692. The number of hydrogen-bond donors (Lipinski definition) is 2. The summed E-state index contributed by atoms with van der Waals surface area (Å²) in [5.74, 6) is 1.67. The number of aryl methyl sites for hydroxylation is 1. The van der Waals surface area contributed by atoms with E-state index in [4.69, 9.17) is 5.11 Å². The summed E-state index contributed by atoms with van der Waals surface area (Å²) in [6.45, 7) is 3.90. The molecule has 1 fully saturated rings. The van der Waals surface area contributed by atoms with Gasteiger partial charge < -0.3 is 10.4 Å². The first-order valence-electron chi connectivity index (χ1n) is 6.63. The SMILES string of the molecule is CNc1cc([C@@H]2CCCCN2CCO)nc(C)n1. The number of piperidine rings is 1. The molecule has 5 heteroatoms. The number of aliphatic hydroxyl groups is 1. The highest BCUT2D eigenvalue weighted by atomic mass is 16.3. The van der Waals surface area contributed by atoms with Gasteiger partial charge in [-0.25, -0.2) is 9.97 Å². The molecule has 2 heterocycles. The monoisotopic (exact) mass is 250 g/mol. The van der Waals surface area contributed by atoms with Gasteiger partial charge in [0, 0.05) is 19.7 Å². The molecule has 1 aliphatic heterocycles. The first kappa shape index (κ1) is 13.2. The van der Waals surface area contributed by atoms with Crippen LogP contribution in [0.25, 0.3) is 0 Å². The molecule has 5 nitrogen and oxygen atoms in total. The van der Waals surface area contributed by atoms with Crippen LogP contribution in [0.5, 0.6) is 0 Å². The lowest BCUT2D eigenvalue weighted by molar-refractivity contribution is 0.114. The van der Waals surface area contributed by atoms with Crippen molar-refractivity contribution in [1.82, 2.24) is 14.9 Å². The molecule has 100 valence electrons. The zero-order valence-corrected chi connectivity index (χ0v) is 11.2. The number of nitrogens with zero attached hydrogens (tertiary/aromatic N) is 3. The Hall–Kier alpha value is -1.20. The molecule has 1 aliphatic rings. The molecule has 0 unspecified atom stereocenters. The minimum absolute atomic E-state index is 0.208. The van der Waals surface area contributed by atoms with Crippen molar-refractivity contribution in [2.45, 2.75) is 32.2 Å². The van der Waals surface area contributed by atoms with Gasteiger partial charge in [0.25, 0.3) is 0 Å². The number of nitrogens with one attached hydrogen (secondary N) is 1. The zero-order valence-electron chi connectivity index (χ0n) is 11.2. The number of aliphatic hydroxyl groups excluding tert-OH is 1. The zero-order chi connectivity index (χ0) is 13.0. The molecule has 0 aliphatic carbocycles. The van der Waals surface area contributed by atoms with Gasteiger partial charge in [0.2, 0.25) is 0 Å². The topological polar surface area (TPSA) is 61.3 Å². The highest BCUT2D eigenvalue weighted by Gasteiger charge is 2.25. The van der Waals surface area contributed by atoms with Gasteiger partial charge in [-0.15, -0.1) is 0 Å². The molecular formula is C13H22N4O. The van der Waals surface area contributed by atoms with Crippen LogP contribution in [-0.2, 0) is 0 Å². The van der Waals surface area contributed by atoms with Crippen molar-refractivity contribution in [2.24, 2.45) is 0 Å². The number of β-amino-alcohol motifs (C(OH)–C–C–N with tert-alkyl or cyclic N) is 1. The third kappa shape index (κ3) is 2.97. The van der Waals surface area contributed by atoms with Gasteiger partial charge in [0.05, 0.1) is 18.3 Å². The van der Waals surface area contributed by atoms with Crippen molar-refractivity contribution in [3.63, 3.8) is 0 Å². The lowest BCUT2D eigenvalue weighted by atomic mass is 9.99. The summed E-state index contributed by atoms with van der Waals surface area (Å²) < 4.78 is 0. The molecule has 2 rings (SSSR count). The van der Waals surface area contributed by atoms with Gasteiger partial charge >= 0.3 is 0 Å². The number of hydrogen-bond acceptors (Lipinski definition) is 5. The van der Waals surface area contributed by atoms with E-state index in [-0.39, 0.29) is 6.61 Å². The molecule has 0 amide bonds. The summed E-state index contributed by atoms with van der Waals surface area (Å²) in [6, 6.07) is 2.34. The first-order chi connectivity index (χ1) is 8.74. The number of aromatic nitrogens is 2. The number of rotatable bonds is 4. The van der Waals surface area contributed by atoms with Gasteiger partial charge in [-0.3, -0.25) is 4.90 Å². The normalized spacial score (nSPS) is 20.9. The second-order valence-electron chi connectivity index (χ2n) is 4.75. The Kier molecular flexibility index (Phi) is 4.49. The molecule has 0 radical (unpaired) electrons. The van der Waals surface area contributed by atoms with Crippen LogP contribution in [0.3, 0.4) is 0 Å². The van der Waals surface area contributed by atoms with E-state index in [1.54, 1.807) is 0 Å². The van der Waals surface area contributed by atoms with Crippen molar-refractivity contribution in [3.05, 3.63) is 17.6 Å². The van der Waals surface area contributed by atoms with E-state index >= 15 is 0 Å². The molecule has 0 saturated carbocycles. The second kappa shape index (κ2) is 6.11. The van der Waals surface area contributed by atoms with E-state index in [2.05, 4.69) is 20.2 Å². The van der Waals surface area contributed by atoms with Crippen molar-refractivity contribution >= 4 is 5.82 Å². The average molecular weight is 250 g/mol. The summed E-state index contributed by atoms with van der Waals surface area (Å²) in [5, 5.41) is 12.2. The second-order valence-corrected chi connectivity index (χ2v) is 4.75. The third-order valence-corrected chi connectivity index (χ3v) is 3.46. The molecule has 0 bridgehead atoms. The van der Waals surface area contributed by atoms with Gasteiger partial charge in [-0.05, 0) is 26.3 Å². The molecule has 1 aromatic rings. The van der Waals surface area contributed by atoms with E-state index in [0.717, 1.165) is 36.8 Å². The minimum Gasteiger partial charge on any atom is -0.395 e. The van der Waals surface area contributed by atoms with Gasteiger partial charge in [-0.2, -0.15) is 0 Å². The van der Waals surface area contributed by atoms with Crippen LogP contribution >= 0.6 is 0 Å². The van der Waals surface area contributed by atoms with Crippen molar-refractivity contribution < 1.29 is 5.11 Å². The maximum Gasteiger partial charge on any atom is 0.129 e. The Balaban J connectivity index is 2.24. The first-order valence-corrected chi connectivity index (χ1v) is 6.63. The lowest BCUT2D eigenvalue weighted by Gasteiger charge is -2.35. The largest absolute Gasteiger partial charge is 0.395 e. The van der Waals surface area contributed by atoms with Crippen molar-refractivity contribution in [2.75, 3.05) is 32.1 Å². The molecular weight excluding hydrogens is 228 g/mol. The smallest absolute Gasteiger partial charge is 0.129 e. The van der Waals surface area contributed by atoms with E-state index < -0.39 is 0 Å². The van der Waals surface area contributed by atoms with Crippen LogP contribution in [-0.4, -0.2) is 46.7 Å². The molecule has 0 aromatic carbocycles. The highest BCUT2D eigenvalue weighted by molar-refractivity contribution is 5.36. The summed E-state index contributed by atoms with van der Waals surface area (Å²) in [4.78, 5) is 11.2. The van der Waals surface area contributed by atoms with Gasteiger partial charge in [0.15, 0.2) is 0 Å².